The Labute approximate surface area is 218 Å². The third-order valence-corrected chi connectivity index (χ3v) is 7.79. The van der Waals surface area contributed by atoms with E-state index in [4.69, 9.17) is 0 Å². The van der Waals surface area contributed by atoms with Crippen LogP contribution in [0.1, 0.15) is 25.0 Å². The number of nitrogens with zero attached hydrogens (tertiary/aromatic N) is 2. The highest BCUT2D eigenvalue weighted by molar-refractivity contribution is 7.92. The Morgan fingerprint density at radius 1 is 0.946 bits per heavy atom. The standard InChI is InChI=1S/C28H32FN3O4S/c1-4-30-28(34)22(3)31(19-18-23-10-6-5-7-11-23)27(33)20-32(26-13-9-8-12-25(26)29)37(35,36)24-16-14-21(2)15-17-24/h5-17,22H,4,18-20H2,1-3H3,(H,30,34)/t22-/m1/s1. The van der Waals surface area contributed by atoms with Gasteiger partial charge in [-0.25, -0.2) is 12.8 Å². The molecule has 0 spiro atoms. The van der Waals surface area contributed by atoms with Gasteiger partial charge < -0.3 is 10.2 Å². The van der Waals surface area contributed by atoms with E-state index in [1.54, 1.807) is 26.0 Å². The predicted molar refractivity (Wildman–Crippen MR) is 142 cm³/mol. The van der Waals surface area contributed by atoms with E-state index in [2.05, 4.69) is 5.32 Å². The van der Waals surface area contributed by atoms with E-state index < -0.39 is 34.3 Å². The Morgan fingerprint density at radius 3 is 2.19 bits per heavy atom. The first-order valence-corrected chi connectivity index (χ1v) is 13.5. The third kappa shape index (κ3) is 6.95. The molecule has 196 valence electrons. The molecule has 0 saturated heterocycles. The van der Waals surface area contributed by atoms with Gasteiger partial charge in [-0.3, -0.25) is 13.9 Å². The number of amides is 2. The van der Waals surface area contributed by atoms with E-state index in [1.807, 2.05) is 37.3 Å². The van der Waals surface area contributed by atoms with Gasteiger partial charge >= 0.3 is 0 Å². The number of rotatable bonds is 11. The maximum atomic E-state index is 14.9. The molecule has 0 aromatic heterocycles. The zero-order chi connectivity index (χ0) is 27.0. The van der Waals surface area contributed by atoms with Crippen molar-refractivity contribution < 1.29 is 22.4 Å². The molecule has 0 aliphatic carbocycles. The van der Waals surface area contributed by atoms with Crippen molar-refractivity contribution in [2.75, 3.05) is 23.9 Å². The topological polar surface area (TPSA) is 86.8 Å². The van der Waals surface area contributed by atoms with Crippen LogP contribution in [0.5, 0.6) is 0 Å². The van der Waals surface area contributed by atoms with Gasteiger partial charge in [-0.05, 0) is 57.0 Å². The van der Waals surface area contributed by atoms with Crippen molar-refractivity contribution in [3.63, 3.8) is 0 Å². The molecule has 3 aromatic rings. The average Bonchev–Trinajstić information content (AvgIpc) is 2.88. The lowest BCUT2D eigenvalue weighted by Crippen LogP contribution is -2.52. The summed E-state index contributed by atoms with van der Waals surface area (Å²) in [6.45, 7) is 5.08. The molecule has 0 unspecified atom stereocenters. The van der Waals surface area contributed by atoms with Crippen LogP contribution in [0.25, 0.3) is 0 Å². The number of hydrogen-bond acceptors (Lipinski definition) is 4. The SMILES string of the molecule is CCNC(=O)[C@@H](C)N(CCc1ccccc1)C(=O)CN(c1ccccc1F)S(=O)(=O)c1ccc(C)cc1. The smallest absolute Gasteiger partial charge is 0.264 e. The van der Waals surface area contributed by atoms with Crippen molar-refractivity contribution in [1.82, 2.24) is 10.2 Å². The largest absolute Gasteiger partial charge is 0.355 e. The van der Waals surface area contributed by atoms with Crippen LogP contribution in [0, 0.1) is 12.7 Å². The fourth-order valence-electron chi connectivity index (χ4n) is 3.90. The van der Waals surface area contributed by atoms with Crippen molar-refractivity contribution >= 4 is 27.5 Å². The van der Waals surface area contributed by atoms with Crippen LogP contribution in [0.15, 0.2) is 83.8 Å². The first-order chi connectivity index (χ1) is 17.6. The molecular weight excluding hydrogens is 493 g/mol. The Hall–Kier alpha value is -3.72. The number of para-hydroxylation sites is 1. The number of benzene rings is 3. The molecule has 0 aliphatic heterocycles. The van der Waals surface area contributed by atoms with Crippen molar-refractivity contribution in [3.8, 4) is 0 Å². The van der Waals surface area contributed by atoms with Gasteiger partial charge in [-0.1, -0.05) is 60.2 Å². The van der Waals surface area contributed by atoms with Gasteiger partial charge in [0.2, 0.25) is 11.8 Å². The molecule has 7 nitrogen and oxygen atoms in total. The van der Waals surface area contributed by atoms with Crippen molar-refractivity contribution in [3.05, 3.63) is 95.8 Å². The van der Waals surface area contributed by atoms with E-state index in [0.717, 1.165) is 21.5 Å². The monoisotopic (exact) mass is 525 g/mol. The van der Waals surface area contributed by atoms with E-state index in [0.29, 0.717) is 13.0 Å². The quantitative estimate of drug-likeness (QED) is 0.411. The van der Waals surface area contributed by atoms with E-state index >= 15 is 0 Å². The molecule has 0 fully saturated rings. The van der Waals surface area contributed by atoms with Gasteiger partial charge in [-0.15, -0.1) is 0 Å². The number of aryl methyl sites for hydroxylation is 1. The summed E-state index contributed by atoms with van der Waals surface area (Å²) in [5, 5.41) is 2.71. The maximum Gasteiger partial charge on any atom is 0.264 e. The summed E-state index contributed by atoms with van der Waals surface area (Å²) < 4.78 is 42.9. The second kappa shape index (κ2) is 12.5. The van der Waals surface area contributed by atoms with Gasteiger partial charge in [-0.2, -0.15) is 0 Å². The Balaban J connectivity index is 1.98. The minimum atomic E-state index is -4.30. The number of hydrogen-bond donors (Lipinski definition) is 1. The number of likely N-dealkylation sites (N-methyl/N-ethyl adjacent to an activating group) is 1. The fourth-order valence-corrected chi connectivity index (χ4v) is 5.32. The fraction of sp³-hybridized carbons (Fsp3) is 0.286. The van der Waals surface area contributed by atoms with E-state index in [1.165, 1.54) is 35.2 Å². The number of nitrogens with one attached hydrogen (secondary N) is 1. The summed E-state index contributed by atoms with van der Waals surface area (Å²) >= 11 is 0. The first-order valence-electron chi connectivity index (χ1n) is 12.1. The summed E-state index contributed by atoms with van der Waals surface area (Å²) in [6.07, 6.45) is 0.459. The molecular formula is C28H32FN3O4S. The number of halogens is 1. The first kappa shape index (κ1) is 27.9. The van der Waals surface area contributed by atoms with Gasteiger partial charge in [0, 0.05) is 13.1 Å². The zero-order valence-corrected chi connectivity index (χ0v) is 22.0. The number of anilines is 1. The summed E-state index contributed by atoms with van der Waals surface area (Å²) in [6, 6.07) is 20.1. The van der Waals surface area contributed by atoms with Crippen LogP contribution >= 0.6 is 0 Å². The van der Waals surface area contributed by atoms with Crippen LogP contribution in [-0.4, -0.2) is 50.8 Å². The third-order valence-electron chi connectivity index (χ3n) is 6.01. The molecule has 0 aliphatic rings. The summed E-state index contributed by atoms with van der Waals surface area (Å²) in [5.74, 6) is -1.75. The van der Waals surface area contributed by atoms with Crippen LogP contribution in [0.2, 0.25) is 0 Å². The van der Waals surface area contributed by atoms with Crippen molar-refractivity contribution in [1.29, 1.82) is 0 Å². The summed E-state index contributed by atoms with van der Waals surface area (Å²) in [4.78, 5) is 27.6. The second-order valence-corrected chi connectivity index (χ2v) is 10.5. The van der Waals surface area contributed by atoms with Crippen LogP contribution < -0.4 is 9.62 Å². The highest BCUT2D eigenvalue weighted by Crippen LogP contribution is 2.27. The van der Waals surface area contributed by atoms with Gasteiger partial charge in [0.05, 0.1) is 10.6 Å². The predicted octanol–water partition coefficient (Wildman–Crippen LogP) is 3.93. The molecule has 37 heavy (non-hydrogen) atoms. The molecule has 0 bridgehead atoms. The molecule has 1 atom stereocenters. The molecule has 0 saturated carbocycles. The Bertz CT molecular complexity index is 1310. The highest BCUT2D eigenvalue weighted by Gasteiger charge is 2.33. The minimum absolute atomic E-state index is 0.0678. The maximum absolute atomic E-state index is 14.9. The Kier molecular flexibility index (Phi) is 9.41. The molecule has 9 heteroatoms. The van der Waals surface area contributed by atoms with Gasteiger partial charge in [0.25, 0.3) is 10.0 Å². The van der Waals surface area contributed by atoms with E-state index in [-0.39, 0.29) is 23.0 Å². The van der Waals surface area contributed by atoms with Crippen molar-refractivity contribution in [2.24, 2.45) is 0 Å². The summed E-state index contributed by atoms with van der Waals surface area (Å²) in [5.41, 5.74) is 1.57. The molecule has 0 radical (unpaired) electrons. The Morgan fingerprint density at radius 2 is 1.57 bits per heavy atom. The minimum Gasteiger partial charge on any atom is -0.355 e. The lowest BCUT2D eigenvalue weighted by molar-refractivity contribution is -0.138. The molecule has 3 aromatic carbocycles. The number of carbonyl (C=O) groups is 2. The summed E-state index contributed by atoms with van der Waals surface area (Å²) in [7, 11) is -4.30. The van der Waals surface area contributed by atoms with Crippen LogP contribution in [0.3, 0.4) is 0 Å². The van der Waals surface area contributed by atoms with Crippen LogP contribution in [0.4, 0.5) is 10.1 Å². The van der Waals surface area contributed by atoms with E-state index in [9.17, 15) is 22.4 Å². The molecule has 0 heterocycles. The molecule has 3 rings (SSSR count). The van der Waals surface area contributed by atoms with Crippen molar-refractivity contribution in [2.45, 2.75) is 38.1 Å². The second-order valence-electron chi connectivity index (χ2n) is 8.67. The molecule has 1 N–H and O–H groups in total. The van der Waals surface area contributed by atoms with Crippen LogP contribution in [-0.2, 0) is 26.0 Å². The van der Waals surface area contributed by atoms with Gasteiger partial charge in [0.15, 0.2) is 0 Å². The number of sulfonamides is 1. The lowest BCUT2D eigenvalue weighted by atomic mass is 10.1. The lowest BCUT2D eigenvalue weighted by Gasteiger charge is -2.32. The highest BCUT2D eigenvalue weighted by atomic mass is 32.2. The molecule has 2 amide bonds. The number of carbonyl (C=O) groups excluding carboxylic acids is 2. The average molecular weight is 526 g/mol. The zero-order valence-electron chi connectivity index (χ0n) is 21.2. The normalized spacial score (nSPS) is 12.0. The van der Waals surface area contributed by atoms with Gasteiger partial charge in [0.1, 0.15) is 18.4 Å².